The van der Waals surface area contributed by atoms with E-state index in [-0.39, 0.29) is 11.4 Å². The van der Waals surface area contributed by atoms with E-state index in [1.807, 2.05) is 0 Å². The quantitative estimate of drug-likeness (QED) is 0.743. The molecule has 0 fully saturated rings. The average Bonchev–Trinajstić information content (AvgIpc) is 2.95. The first kappa shape index (κ1) is 12.9. The molecule has 0 saturated heterocycles. The van der Waals surface area contributed by atoms with Gasteiger partial charge in [-0.15, -0.1) is 0 Å². The van der Waals surface area contributed by atoms with Crippen LogP contribution in [-0.4, -0.2) is 28.0 Å². The minimum Gasteiger partial charge on any atom is -0.234 e. The van der Waals surface area contributed by atoms with Crippen molar-refractivity contribution in [1.82, 2.24) is 14.8 Å². The minimum atomic E-state index is -2.92. The number of rotatable bonds is 1. The summed E-state index contributed by atoms with van der Waals surface area (Å²) in [6.07, 6.45) is -1.00. The summed E-state index contributed by atoms with van der Waals surface area (Å²) in [4.78, 5) is 2.97. The fraction of sp³-hybridized carbons (Fsp3) is 0.182. The Bertz CT molecular complexity index is 823. The van der Waals surface area contributed by atoms with Gasteiger partial charge in [-0.2, -0.15) is 13.5 Å². The zero-order valence-corrected chi connectivity index (χ0v) is 10.5. The van der Waals surface area contributed by atoms with Crippen LogP contribution in [0.2, 0.25) is 0 Å². The number of hydrogen-bond acceptors (Lipinski definition) is 4. The Labute approximate surface area is 112 Å². The monoisotopic (exact) mass is 301 g/mol. The maximum Gasteiger partial charge on any atom is 0.219 e. The van der Waals surface area contributed by atoms with E-state index in [9.17, 15) is 21.6 Å². The van der Waals surface area contributed by atoms with Gasteiger partial charge in [-0.1, -0.05) is 12.1 Å². The zero-order chi connectivity index (χ0) is 14.4. The first-order chi connectivity index (χ1) is 9.52. The van der Waals surface area contributed by atoms with Crippen molar-refractivity contribution in [3.05, 3.63) is 47.5 Å². The van der Waals surface area contributed by atoms with Gasteiger partial charge in [0, 0.05) is 5.56 Å². The molecule has 1 aliphatic rings. The molecule has 2 unspecified atom stereocenters. The van der Waals surface area contributed by atoms with Gasteiger partial charge in [0.2, 0.25) is 10.3 Å². The lowest BCUT2D eigenvalue weighted by Crippen LogP contribution is -2.19. The Balaban J connectivity index is 2.32. The van der Waals surface area contributed by atoms with Crippen LogP contribution < -0.4 is 0 Å². The summed E-state index contributed by atoms with van der Waals surface area (Å²) in [5.74, 6) is -2.64. The second-order valence-corrected chi connectivity index (χ2v) is 5.05. The number of halogens is 3. The molecule has 1 aromatic heterocycles. The van der Waals surface area contributed by atoms with E-state index in [1.165, 1.54) is 12.1 Å². The molecule has 2 heterocycles. The van der Waals surface area contributed by atoms with Gasteiger partial charge in [0.25, 0.3) is 0 Å². The molecule has 20 heavy (non-hydrogen) atoms. The molecule has 104 valence electrons. The van der Waals surface area contributed by atoms with Crippen molar-refractivity contribution >= 4 is 15.2 Å². The third-order valence-corrected chi connectivity index (χ3v) is 3.87. The van der Waals surface area contributed by atoms with Crippen LogP contribution in [0.4, 0.5) is 13.2 Å². The van der Waals surface area contributed by atoms with Gasteiger partial charge >= 0.3 is 0 Å². The van der Waals surface area contributed by atoms with Crippen molar-refractivity contribution in [2.45, 2.75) is 12.2 Å². The van der Waals surface area contributed by atoms with Crippen LogP contribution >= 0.6 is 0 Å². The first-order valence-corrected chi connectivity index (χ1v) is 6.53. The van der Waals surface area contributed by atoms with Crippen molar-refractivity contribution in [2.75, 3.05) is 0 Å². The Hall–Kier alpha value is -2.16. The van der Waals surface area contributed by atoms with Crippen molar-refractivity contribution < 1.29 is 21.6 Å². The van der Waals surface area contributed by atoms with Gasteiger partial charge in [0.1, 0.15) is 17.2 Å². The summed E-state index contributed by atoms with van der Waals surface area (Å²) in [7, 11) is -2.92. The maximum atomic E-state index is 14.1. The van der Waals surface area contributed by atoms with Gasteiger partial charge in [-0.05, 0) is 6.07 Å². The summed E-state index contributed by atoms with van der Waals surface area (Å²) >= 11 is 0. The van der Waals surface area contributed by atoms with Crippen molar-refractivity contribution in [3.63, 3.8) is 0 Å². The van der Waals surface area contributed by atoms with E-state index in [2.05, 4.69) is 10.1 Å². The third-order valence-electron chi connectivity index (χ3n) is 3.06. The first-order valence-electron chi connectivity index (χ1n) is 5.45. The average molecular weight is 301 g/mol. The highest BCUT2D eigenvalue weighted by Crippen LogP contribution is 2.37. The molecule has 0 aliphatic carbocycles. The number of hydrogen-bond donors (Lipinski definition) is 0. The minimum absolute atomic E-state index is 0.252. The van der Waals surface area contributed by atoms with E-state index in [0.29, 0.717) is 0 Å². The smallest absolute Gasteiger partial charge is 0.219 e. The molecule has 0 bridgehead atoms. The summed E-state index contributed by atoms with van der Waals surface area (Å²) in [6.45, 7) is 0. The Morgan fingerprint density at radius 2 is 2.00 bits per heavy atom. The molecule has 0 N–H and O–H groups in total. The van der Waals surface area contributed by atoms with E-state index in [0.717, 1.165) is 17.1 Å². The summed E-state index contributed by atoms with van der Waals surface area (Å²) in [5, 5.41) is 3.69. The van der Waals surface area contributed by atoms with Gasteiger partial charge in [-0.25, -0.2) is 22.8 Å². The van der Waals surface area contributed by atoms with E-state index in [1.54, 1.807) is 0 Å². The Morgan fingerprint density at radius 1 is 1.25 bits per heavy atom. The Morgan fingerprint density at radius 3 is 2.70 bits per heavy atom. The molecule has 2 aromatic rings. The predicted octanol–water partition coefficient (Wildman–Crippen LogP) is 1.22. The molecule has 0 radical (unpaired) electrons. The number of alkyl halides is 1. The second kappa shape index (κ2) is 4.44. The molecular weight excluding hydrogens is 295 g/mol. The van der Waals surface area contributed by atoms with Crippen LogP contribution in [0.25, 0.3) is 0 Å². The fourth-order valence-electron chi connectivity index (χ4n) is 2.22. The van der Waals surface area contributed by atoms with E-state index in [4.69, 9.17) is 0 Å². The van der Waals surface area contributed by atoms with Crippen LogP contribution in [0.5, 0.6) is 0 Å². The Kier molecular flexibility index (Phi) is 2.85. The maximum absolute atomic E-state index is 14.1. The molecule has 2 atom stereocenters. The summed E-state index contributed by atoms with van der Waals surface area (Å²) in [5.41, 5.74) is -0.309. The largest absolute Gasteiger partial charge is 0.234 e. The van der Waals surface area contributed by atoms with Crippen molar-refractivity contribution in [3.8, 4) is 0 Å². The highest BCUT2D eigenvalue weighted by atomic mass is 32.2. The van der Waals surface area contributed by atoms with Crippen molar-refractivity contribution in [1.29, 1.82) is 0 Å². The second-order valence-electron chi connectivity index (χ2n) is 4.11. The molecule has 1 aliphatic heterocycles. The predicted molar refractivity (Wildman–Crippen MR) is 62.3 cm³/mol. The summed E-state index contributed by atoms with van der Waals surface area (Å²) < 4.78 is 64.5. The lowest BCUT2D eigenvalue weighted by atomic mass is 10.0. The highest BCUT2D eigenvalue weighted by Gasteiger charge is 2.43. The molecule has 0 spiro atoms. The van der Waals surface area contributed by atoms with Gasteiger partial charge in [0.05, 0.1) is 0 Å². The van der Waals surface area contributed by atoms with E-state index >= 15 is 0 Å². The molecular formula is C11H6F3N3O2S. The molecule has 5 nitrogen and oxygen atoms in total. The standard InChI is InChI=1S/C11H6F3N3O2S/c12-6-3-1-2-5(7(6)13)9-10(20(18)19)8(14)11-15-4-16-17(9)11/h1-4,8-9H. The fourth-order valence-corrected chi connectivity index (χ4v) is 2.90. The van der Waals surface area contributed by atoms with Gasteiger partial charge in [0.15, 0.2) is 23.6 Å². The van der Waals surface area contributed by atoms with Crippen LogP contribution in [0.3, 0.4) is 0 Å². The van der Waals surface area contributed by atoms with Gasteiger partial charge < -0.3 is 0 Å². The molecule has 3 rings (SSSR count). The summed E-state index contributed by atoms with van der Waals surface area (Å²) in [6, 6.07) is 1.91. The highest BCUT2D eigenvalue weighted by molar-refractivity contribution is 7.73. The zero-order valence-electron chi connectivity index (χ0n) is 9.66. The SMILES string of the molecule is O=S(=O)=C1C(F)c2ncnn2C1c1cccc(F)c1F. The lowest BCUT2D eigenvalue weighted by Gasteiger charge is -2.12. The lowest BCUT2D eigenvalue weighted by molar-refractivity contribution is 0.430. The van der Waals surface area contributed by atoms with Crippen LogP contribution in [0, 0.1) is 11.6 Å². The van der Waals surface area contributed by atoms with Crippen LogP contribution in [-0.2, 0) is 10.3 Å². The topological polar surface area (TPSA) is 64.8 Å². The molecule has 0 saturated carbocycles. The third kappa shape index (κ3) is 1.66. The molecule has 9 heteroatoms. The van der Waals surface area contributed by atoms with Crippen LogP contribution in [0.15, 0.2) is 24.5 Å². The molecule has 0 amide bonds. The number of fused-ring (bicyclic) bond motifs is 1. The van der Waals surface area contributed by atoms with Crippen LogP contribution in [0.1, 0.15) is 23.6 Å². The van der Waals surface area contributed by atoms with Crippen molar-refractivity contribution in [2.24, 2.45) is 0 Å². The van der Waals surface area contributed by atoms with E-state index < -0.39 is 39.0 Å². The normalized spacial score (nSPS) is 21.1. The number of nitrogens with zero attached hydrogens (tertiary/aromatic N) is 3. The molecule has 1 aromatic carbocycles. The number of aromatic nitrogens is 3. The number of benzene rings is 1. The van der Waals surface area contributed by atoms with Gasteiger partial charge in [-0.3, -0.25) is 0 Å².